The highest BCUT2D eigenvalue weighted by Gasteiger charge is 2.63. The van der Waals surface area contributed by atoms with Gasteiger partial charge in [0.1, 0.15) is 42.4 Å². The number of aliphatic hydroxyl groups excluding tert-OH is 3. The first-order valence-electron chi connectivity index (χ1n) is 15.8. The van der Waals surface area contributed by atoms with Gasteiger partial charge in [0.05, 0.1) is 19.5 Å². The monoisotopic (exact) mass is 850 g/mol. The number of nitrogens with zero attached hydrogens (tertiary/aromatic N) is 6. The van der Waals surface area contributed by atoms with Crippen molar-refractivity contribution in [1.29, 1.82) is 0 Å². The van der Waals surface area contributed by atoms with E-state index in [1.807, 2.05) is 0 Å². The second kappa shape index (κ2) is 15.8. The molecule has 1 amide bonds. The third-order valence-corrected chi connectivity index (χ3v) is 11.7. The van der Waals surface area contributed by atoms with Crippen molar-refractivity contribution in [2.75, 3.05) is 18.9 Å². The Kier molecular flexibility index (Phi) is 11.8. The van der Waals surface area contributed by atoms with Crippen LogP contribution in [0.25, 0.3) is 11.2 Å². The second-order valence-electron chi connectivity index (χ2n) is 12.2. The Hall–Kier alpha value is -3.91. The van der Waals surface area contributed by atoms with Crippen LogP contribution in [0.5, 0.6) is 0 Å². The lowest BCUT2D eigenvalue weighted by Crippen LogP contribution is -2.53. The lowest BCUT2D eigenvalue weighted by Gasteiger charge is -2.31. The van der Waals surface area contributed by atoms with E-state index in [9.17, 15) is 58.2 Å². The predicted molar refractivity (Wildman–Crippen MR) is 180 cm³/mol. The fourth-order valence-corrected chi connectivity index (χ4v) is 8.62. The van der Waals surface area contributed by atoms with Crippen molar-refractivity contribution in [3.8, 4) is 0 Å². The van der Waals surface area contributed by atoms with Crippen LogP contribution >= 0.6 is 23.5 Å². The molecular weight excluding hydrogens is 817 g/mol. The Labute approximate surface area is 313 Å². The first-order valence-corrected chi connectivity index (χ1v) is 20.3. The highest BCUT2D eigenvalue weighted by atomic mass is 31.3. The average molecular weight is 851 g/mol. The Morgan fingerprint density at radius 1 is 0.982 bits per heavy atom. The summed E-state index contributed by atoms with van der Waals surface area (Å²) in [4.78, 5) is 82.9. The molecule has 0 bridgehead atoms. The topological polar surface area (TPSA) is 394 Å². The van der Waals surface area contributed by atoms with Gasteiger partial charge in [0.25, 0.3) is 0 Å². The molecular formula is C27H33N8O18P3. The molecule has 6 rings (SSSR count). The Morgan fingerprint density at radius 2 is 1.68 bits per heavy atom. The van der Waals surface area contributed by atoms with Crippen LogP contribution in [0, 0.1) is 0 Å². The van der Waals surface area contributed by atoms with E-state index < -0.39 is 96.9 Å². The van der Waals surface area contributed by atoms with Crippen LogP contribution in [-0.4, -0.2) is 132 Å². The molecule has 3 aliphatic heterocycles. The number of allylic oxidation sites excluding steroid dienone is 1. The number of ether oxygens (including phenoxy) is 2. The average Bonchev–Trinajstić information content (AvgIpc) is 3.78. The van der Waals surface area contributed by atoms with Crippen molar-refractivity contribution in [3.05, 3.63) is 66.8 Å². The van der Waals surface area contributed by atoms with Gasteiger partial charge in [-0.15, -0.1) is 0 Å². The van der Waals surface area contributed by atoms with Crippen LogP contribution in [0.3, 0.4) is 0 Å². The smallest absolute Gasteiger partial charge is 0.387 e. The molecule has 3 aromatic rings. The minimum Gasteiger partial charge on any atom is -0.387 e. The number of hydrogen-bond donors (Lipinski definition) is 9. The van der Waals surface area contributed by atoms with Crippen LogP contribution in [0.15, 0.2) is 61.2 Å². The molecule has 6 heterocycles. The van der Waals surface area contributed by atoms with Crippen molar-refractivity contribution in [2.45, 2.75) is 55.0 Å². The van der Waals surface area contributed by atoms with Crippen molar-refractivity contribution in [3.63, 3.8) is 0 Å². The molecule has 26 nitrogen and oxygen atoms in total. The molecule has 2 unspecified atom stereocenters. The van der Waals surface area contributed by atoms with Crippen molar-refractivity contribution < 1.29 is 85.5 Å². The van der Waals surface area contributed by atoms with Crippen LogP contribution in [0.1, 0.15) is 23.0 Å². The van der Waals surface area contributed by atoms with Crippen molar-refractivity contribution in [2.24, 2.45) is 5.73 Å². The fourth-order valence-electron chi connectivity index (χ4n) is 5.97. The zero-order valence-electron chi connectivity index (χ0n) is 28.2. The van der Waals surface area contributed by atoms with Gasteiger partial charge < -0.3 is 60.7 Å². The van der Waals surface area contributed by atoms with Gasteiger partial charge in [0.2, 0.25) is 5.91 Å². The summed E-state index contributed by atoms with van der Waals surface area (Å²) in [6.07, 6.45) is -4.20. The quantitative estimate of drug-likeness (QED) is 0.0594. The summed E-state index contributed by atoms with van der Waals surface area (Å²) < 4.78 is 69.4. The number of carbonyl (C=O) groups is 2. The fraction of sp³-hybridized carbons (Fsp3) is 0.407. The van der Waals surface area contributed by atoms with Gasteiger partial charge in [-0.2, -0.15) is 4.31 Å². The number of nitrogen functional groups attached to an aromatic ring is 1. The molecule has 3 aliphatic rings. The molecule has 29 heteroatoms. The highest BCUT2D eigenvalue weighted by molar-refractivity contribution is 7.61. The molecule has 56 heavy (non-hydrogen) atoms. The third-order valence-electron chi connectivity index (χ3n) is 8.57. The second-order valence-corrected chi connectivity index (χ2v) is 16.5. The van der Waals surface area contributed by atoms with E-state index in [-0.39, 0.29) is 34.5 Å². The number of imidazole rings is 1. The van der Waals surface area contributed by atoms with E-state index >= 15 is 0 Å². The number of phosphoric ester groups is 3. The van der Waals surface area contributed by atoms with E-state index in [0.29, 0.717) is 0 Å². The number of fused-ring (bicyclic) bond motifs is 1. The van der Waals surface area contributed by atoms with E-state index in [1.54, 1.807) is 0 Å². The zero-order chi connectivity index (χ0) is 40.8. The number of nitrogens with two attached hydrogens (primary N) is 2. The molecule has 0 spiro atoms. The van der Waals surface area contributed by atoms with Crippen LogP contribution < -0.4 is 11.5 Å². The number of aromatic nitrogens is 5. The molecule has 0 aromatic carbocycles. The molecule has 2 saturated heterocycles. The van der Waals surface area contributed by atoms with Crippen LogP contribution in [-0.2, 0) is 45.8 Å². The maximum Gasteiger partial charge on any atom is 0.481 e. The number of carbonyl (C=O) groups excluding carboxylic acids is 2. The van der Waals surface area contributed by atoms with Gasteiger partial charge in [-0.1, -0.05) is 6.08 Å². The normalized spacial score (nSPS) is 30.2. The SMILES string of the molecule is NC(=O)C1=CN([C@@H]2O[C@H](COP(=O)(O)OP(=O)(O)OC[C@@]3(C(=O)c4ccncc4)O[C@@H](n4cnc5c(N)ncnc54)[C@H](OP(=O)(O)O)[C@H]3O)[C@@H](O)[C@H]2O)C=CC1. The first-order chi connectivity index (χ1) is 26.2. The third kappa shape index (κ3) is 8.66. The summed E-state index contributed by atoms with van der Waals surface area (Å²) in [5.74, 6) is -2.13. The lowest BCUT2D eigenvalue weighted by atomic mass is 9.88. The Bertz CT molecular complexity index is 2190. The molecule has 0 saturated carbocycles. The lowest BCUT2D eigenvalue weighted by molar-refractivity contribution is -0.115. The molecule has 10 atom stereocenters. The molecule has 0 radical (unpaired) electrons. The molecule has 304 valence electrons. The predicted octanol–water partition coefficient (Wildman–Crippen LogP) is -1.92. The van der Waals surface area contributed by atoms with Gasteiger partial charge >= 0.3 is 23.5 Å². The largest absolute Gasteiger partial charge is 0.481 e. The number of phosphoric acid groups is 3. The summed E-state index contributed by atoms with van der Waals surface area (Å²) in [6.45, 7) is -2.55. The Morgan fingerprint density at radius 3 is 2.36 bits per heavy atom. The summed E-state index contributed by atoms with van der Waals surface area (Å²) >= 11 is 0. The van der Waals surface area contributed by atoms with E-state index in [2.05, 4.69) is 24.2 Å². The minimum absolute atomic E-state index is 0.0420. The minimum atomic E-state index is -5.86. The first kappa shape index (κ1) is 41.7. The zero-order valence-corrected chi connectivity index (χ0v) is 30.8. The van der Waals surface area contributed by atoms with Crippen molar-refractivity contribution in [1.82, 2.24) is 29.4 Å². The number of pyridine rings is 1. The summed E-state index contributed by atoms with van der Waals surface area (Å²) in [6, 6.07) is 2.26. The number of ketones is 1. The van der Waals surface area contributed by atoms with E-state index in [4.69, 9.17) is 34.5 Å². The number of amides is 1. The number of anilines is 1. The van der Waals surface area contributed by atoms with Crippen LogP contribution in [0.4, 0.5) is 5.82 Å². The molecule has 0 aliphatic carbocycles. The number of aliphatic hydroxyl groups is 3. The maximum absolute atomic E-state index is 14.1. The molecule has 11 N–H and O–H groups in total. The number of primary amides is 1. The van der Waals surface area contributed by atoms with E-state index in [1.165, 1.54) is 23.4 Å². The molecule has 3 aromatic heterocycles. The van der Waals surface area contributed by atoms with Gasteiger partial charge in [-0.25, -0.2) is 28.6 Å². The van der Waals surface area contributed by atoms with Gasteiger partial charge in [-0.05, 0) is 18.6 Å². The molecule has 2 fully saturated rings. The summed E-state index contributed by atoms with van der Waals surface area (Å²) in [5.41, 5.74) is 7.92. The van der Waals surface area contributed by atoms with Gasteiger partial charge in [0, 0.05) is 35.9 Å². The van der Waals surface area contributed by atoms with E-state index in [0.717, 1.165) is 41.7 Å². The number of hydrogen-bond acceptors (Lipinski definition) is 20. The van der Waals surface area contributed by atoms with Gasteiger partial charge in [0.15, 0.2) is 35.3 Å². The Balaban J connectivity index is 1.22. The summed E-state index contributed by atoms with van der Waals surface area (Å²) in [5, 5.41) is 32.6. The number of rotatable bonds is 15. The van der Waals surface area contributed by atoms with Crippen LogP contribution in [0.2, 0.25) is 0 Å². The maximum atomic E-state index is 14.1. The number of Topliss-reactive ketones (excluding diaryl/α,β-unsaturated/α-hetero) is 1. The standard InChI is InChI=1S/C27H33N8O18P3/c28-22-16-24(32-11-31-22)35(12-33-16)26-19(52-54(41,42)43)21(39)27(51-26,20(38)13-3-5-30-6-4-13)10-49-56(46,47)53-55(44,45)48-9-15-17(36)18(37)25(50-15)34-7-1-2-14(8-34)23(29)40/h1,3-8,11-12,15,17-19,21,25-26,36-37,39H,2,9-10H2,(H2,29,40)(H,44,45)(H,46,47)(H2,28,31,32)(H2,41,42,43)/t15-,17-,18-,19-,21-,25-,26-,27+/m1/s1. The highest BCUT2D eigenvalue weighted by Crippen LogP contribution is 2.61. The van der Waals surface area contributed by atoms with Crippen molar-refractivity contribution >= 4 is 52.1 Å². The summed E-state index contributed by atoms with van der Waals surface area (Å²) in [7, 11) is -17.0. The van der Waals surface area contributed by atoms with Gasteiger partial charge in [-0.3, -0.25) is 32.7 Å².